The molecule has 30 heavy (non-hydrogen) atoms. The van der Waals surface area contributed by atoms with Gasteiger partial charge in [-0.05, 0) is 55.9 Å². The maximum Gasteiger partial charge on any atom is 0.338 e. The van der Waals surface area contributed by atoms with Crippen molar-refractivity contribution in [3.05, 3.63) is 35.9 Å². The van der Waals surface area contributed by atoms with Gasteiger partial charge in [0.05, 0.1) is 5.56 Å². The van der Waals surface area contributed by atoms with Gasteiger partial charge < -0.3 is 14.5 Å². The fourth-order valence-corrected chi connectivity index (χ4v) is 6.20. The molecule has 0 radical (unpaired) electrons. The SMILES string of the molecule is CCN(CC)CCN(CC)CC1C2CCC(C)(C1OC(=O)c1ccccc1)C2(C)C. The third-order valence-electron chi connectivity index (χ3n) is 8.69. The third kappa shape index (κ3) is 4.18. The van der Waals surface area contributed by atoms with Crippen LogP contribution >= 0.6 is 0 Å². The van der Waals surface area contributed by atoms with Crippen LogP contribution in [-0.4, -0.2) is 61.1 Å². The van der Waals surface area contributed by atoms with E-state index < -0.39 is 0 Å². The Kier molecular flexibility index (Phi) is 7.29. The van der Waals surface area contributed by atoms with E-state index >= 15 is 0 Å². The van der Waals surface area contributed by atoms with Crippen LogP contribution in [0.15, 0.2) is 30.3 Å². The van der Waals surface area contributed by atoms with Crippen LogP contribution in [0.4, 0.5) is 0 Å². The summed E-state index contributed by atoms with van der Waals surface area (Å²) in [6.07, 6.45) is 2.39. The Labute approximate surface area is 184 Å². The second-order valence-corrected chi connectivity index (χ2v) is 10.1. The standard InChI is InChI=1S/C26H42N2O2/c1-7-27(8-2)17-18-28(9-3)19-21-22-15-16-26(6,25(22,4)5)23(21)30-24(29)20-13-11-10-12-14-20/h10-14,21-23H,7-9,15-19H2,1-6H3. The van der Waals surface area contributed by atoms with Gasteiger partial charge in [-0.2, -0.15) is 0 Å². The zero-order valence-electron chi connectivity index (χ0n) is 20.0. The Morgan fingerprint density at radius 3 is 2.20 bits per heavy atom. The number of benzene rings is 1. The molecule has 168 valence electrons. The maximum absolute atomic E-state index is 13.0. The van der Waals surface area contributed by atoms with Gasteiger partial charge in [-0.1, -0.05) is 59.7 Å². The molecular formula is C26H42N2O2. The molecule has 1 aromatic rings. The van der Waals surface area contributed by atoms with Crippen molar-refractivity contribution in [2.45, 2.75) is 60.5 Å². The Morgan fingerprint density at radius 1 is 1.00 bits per heavy atom. The van der Waals surface area contributed by atoms with Gasteiger partial charge >= 0.3 is 5.97 Å². The molecule has 4 nitrogen and oxygen atoms in total. The summed E-state index contributed by atoms with van der Waals surface area (Å²) in [5.41, 5.74) is 0.900. The van der Waals surface area contributed by atoms with Crippen LogP contribution in [0.2, 0.25) is 0 Å². The molecule has 4 heteroatoms. The zero-order chi connectivity index (χ0) is 21.9. The summed E-state index contributed by atoms with van der Waals surface area (Å²) in [7, 11) is 0. The Bertz CT molecular complexity index is 700. The summed E-state index contributed by atoms with van der Waals surface area (Å²) in [5.74, 6) is 0.850. The van der Waals surface area contributed by atoms with Gasteiger partial charge in [-0.15, -0.1) is 0 Å². The second-order valence-electron chi connectivity index (χ2n) is 10.1. The van der Waals surface area contributed by atoms with Crippen molar-refractivity contribution in [1.29, 1.82) is 0 Å². The number of fused-ring (bicyclic) bond motifs is 2. The van der Waals surface area contributed by atoms with Gasteiger partial charge in [0.25, 0.3) is 0 Å². The van der Waals surface area contributed by atoms with E-state index in [9.17, 15) is 4.79 Å². The normalized spacial score (nSPS) is 29.7. The average molecular weight is 415 g/mol. The van der Waals surface area contributed by atoms with Crippen LogP contribution in [0.5, 0.6) is 0 Å². The molecule has 2 aliphatic rings. The lowest BCUT2D eigenvalue weighted by molar-refractivity contribution is -0.0460. The quantitative estimate of drug-likeness (QED) is 0.507. The molecular weight excluding hydrogens is 372 g/mol. The molecule has 0 heterocycles. The van der Waals surface area contributed by atoms with Gasteiger partial charge in [0, 0.05) is 31.0 Å². The Balaban J connectivity index is 1.77. The first-order chi connectivity index (χ1) is 14.3. The molecule has 2 saturated carbocycles. The van der Waals surface area contributed by atoms with Gasteiger partial charge in [0.1, 0.15) is 6.10 Å². The van der Waals surface area contributed by atoms with Crippen LogP contribution in [0.3, 0.4) is 0 Å². The molecule has 0 saturated heterocycles. The Morgan fingerprint density at radius 2 is 1.60 bits per heavy atom. The predicted molar refractivity (Wildman–Crippen MR) is 124 cm³/mol. The highest BCUT2D eigenvalue weighted by atomic mass is 16.5. The highest BCUT2D eigenvalue weighted by Gasteiger charge is 2.67. The van der Waals surface area contributed by atoms with E-state index in [2.05, 4.69) is 51.3 Å². The molecule has 0 amide bonds. The van der Waals surface area contributed by atoms with Crippen molar-refractivity contribution in [3.63, 3.8) is 0 Å². The first-order valence-corrected chi connectivity index (χ1v) is 12.0. The molecule has 2 bridgehead atoms. The second kappa shape index (κ2) is 9.40. The number of esters is 1. The molecule has 3 rings (SSSR count). The molecule has 0 aromatic heterocycles. The minimum absolute atomic E-state index is 0.0125. The number of nitrogens with zero attached hydrogens (tertiary/aromatic N) is 2. The summed E-state index contributed by atoms with van der Waals surface area (Å²) in [6, 6.07) is 9.48. The first kappa shape index (κ1) is 23.3. The predicted octanol–water partition coefficient (Wildman–Crippen LogP) is 4.95. The summed E-state index contributed by atoms with van der Waals surface area (Å²) >= 11 is 0. The van der Waals surface area contributed by atoms with E-state index in [-0.39, 0.29) is 22.9 Å². The number of likely N-dealkylation sites (N-methyl/N-ethyl adjacent to an activating group) is 2. The van der Waals surface area contributed by atoms with Crippen LogP contribution < -0.4 is 0 Å². The summed E-state index contributed by atoms with van der Waals surface area (Å²) in [4.78, 5) is 18.0. The number of rotatable bonds is 10. The van der Waals surface area contributed by atoms with Crippen LogP contribution in [0.1, 0.15) is 64.7 Å². The minimum Gasteiger partial charge on any atom is -0.458 e. The minimum atomic E-state index is -0.165. The Hall–Kier alpha value is -1.39. The van der Waals surface area contributed by atoms with Crippen molar-refractivity contribution in [3.8, 4) is 0 Å². The fourth-order valence-electron chi connectivity index (χ4n) is 6.20. The third-order valence-corrected chi connectivity index (χ3v) is 8.69. The van der Waals surface area contributed by atoms with E-state index in [1.165, 1.54) is 6.42 Å². The fraction of sp³-hybridized carbons (Fsp3) is 0.731. The van der Waals surface area contributed by atoms with E-state index in [1.807, 2.05) is 30.3 Å². The van der Waals surface area contributed by atoms with Gasteiger partial charge in [-0.3, -0.25) is 0 Å². The molecule has 4 unspecified atom stereocenters. The van der Waals surface area contributed by atoms with Crippen LogP contribution in [-0.2, 0) is 4.74 Å². The lowest BCUT2D eigenvalue weighted by Gasteiger charge is -2.40. The van der Waals surface area contributed by atoms with Crippen molar-refractivity contribution in [1.82, 2.24) is 9.80 Å². The van der Waals surface area contributed by atoms with Gasteiger partial charge in [0.2, 0.25) is 0 Å². The summed E-state index contributed by atoms with van der Waals surface area (Å²) < 4.78 is 6.32. The van der Waals surface area contributed by atoms with Crippen LogP contribution in [0.25, 0.3) is 0 Å². The topological polar surface area (TPSA) is 32.8 Å². The van der Waals surface area contributed by atoms with Crippen molar-refractivity contribution < 1.29 is 9.53 Å². The van der Waals surface area contributed by atoms with Crippen molar-refractivity contribution in [2.75, 3.05) is 39.3 Å². The average Bonchev–Trinajstić information content (AvgIpc) is 3.07. The molecule has 1 aromatic carbocycles. The lowest BCUT2D eigenvalue weighted by Crippen LogP contribution is -2.45. The monoisotopic (exact) mass is 414 g/mol. The first-order valence-electron chi connectivity index (χ1n) is 12.0. The van der Waals surface area contributed by atoms with Gasteiger partial charge in [-0.25, -0.2) is 4.79 Å². The van der Waals surface area contributed by atoms with Gasteiger partial charge in [0.15, 0.2) is 0 Å². The number of carbonyl (C=O) groups excluding carboxylic acids is 1. The van der Waals surface area contributed by atoms with E-state index in [1.54, 1.807) is 0 Å². The lowest BCUT2D eigenvalue weighted by atomic mass is 9.70. The number of carbonyl (C=O) groups is 1. The molecule has 0 N–H and O–H groups in total. The van der Waals surface area contributed by atoms with E-state index in [0.29, 0.717) is 17.4 Å². The highest BCUT2D eigenvalue weighted by molar-refractivity contribution is 5.89. The molecule has 2 fully saturated rings. The molecule has 0 spiro atoms. The van der Waals surface area contributed by atoms with Crippen molar-refractivity contribution >= 4 is 5.97 Å². The summed E-state index contributed by atoms with van der Waals surface area (Å²) in [5, 5.41) is 0. The molecule has 4 atom stereocenters. The number of hydrogen-bond acceptors (Lipinski definition) is 4. The maximum atomic E-state index is 13.0. The van der Waals surface area contributed by atoms with Crippen LogP contribution in [0, 0.1) is 22.7 Å². The van der Waals surface area contributed by atoms with Crippen molar-refractivity contribution in [2.24, 2.45) is 22.7 Å². The number of hydrogen-bond donors (Lipinski definition) is 0. The number of ether oxygens (including phenoxy) is 1. The summed E-state index contributed by atoms with van der Waals surface area (Å²) in [6.45, 7) is 20.3. The van der Waals surface area contributed by atoms with E-state index in [4.69, 9.17) is 4.74 Å². The van der Waals surface area contributed by atoms with E-state index in [0.717, 1.165) is 45.7 Å². The smallest absolute Gasteiger partial charge is 0.338 e. The highest BCUT2D eigenvalue weighted by Crippen LogP contribution is 2.68. The molecule has 2 aliphatic carbocycles. The largest absolute Gasteiger partial charge is 0.458 e. The zero-order valence-corrected chi connectivity index (χ0v) is 20.0. The molecule has 0 aliphatic heterocycles.